The van der Waals surface area contributed by atoms with Gasteiger partial charge in [-0.2, -0.15) is 0 Å². The van der Waals surface area contributed by atoms with Crippen molar-refractivity contribution in [1.29, 1.82) is 0 Å². The van der Waals surface area contributed by atoms with E-state index in [9.17, 15) is 28.6 Å². The molecule has 12 heteroatoms. The number of rotatable bonds is 4. The lowest BCUT2D eigenvalue weighted by Gasteiger charge is -2.14. The first-order valence-corrected chi connectivity index (χ1v) is 8.56. The zero-order valence-electron chi connectivity index (χ0n) is 14.7. The molecule has 3 N–H and O–H groups in total. The zero-order chi connectivity index (χ0) is 20.7. The zero-order valence-corrected chi connectivity index (χ0v) is 14.7. The van der Waals surface area contributed by atoms with E-state index in [1.54, 1.807) is 0 Å². The molecule has 3 heterocycles. The molecular weight excluding hydrogens is 392 g/mol. The Labute approximate surface area is 160 Å². The van der Waals surface area contributed by atoms with E-state index in [0.29, 0.717) is 0 Å². The van der Waals surface area contributed by atoms with E-state index >= 15 is 0 Å². The minimum atomic E-state index is -0.989. The highest BCUT2D eigenvalue weighted by Gasteiger charge is 2.35. The van der Waals surface area contributed by atoms with Crippen molar-refractivity contribution in [3.8, 4) is 16.9 Å². The SMILES string of the molecule is O=c1[nH]c(=O)n(C2CC(O)C(CO)O2)cc1-c1cn(-c2c(F)cccc2F)nn1. The molecule has 0 aliphatic carbocycles. The molecule has 1 aromatic carbocycles. The van der Waals surface area contributed by atoms with Crippen molar-refractivity contribution >= 4 is 0 Å². The van der Waals surface area contributed by atoms with Crippen LogP contribution in [0.4, 0.5) is 8.78 Å². The number of halogens is 2. The van der Waals surface area contributed by atoms with Crippen LogP contribution in [0.2, 0.25) is 0 Å². The Morgan fingerprint density at radius 2 is 1.97 bits per heavy atom. The maximum absolute atomic E-state index is 14.0. The van der Waals surface area contributed by atoms with Gasteiger partial charge in [0.05, 0.1) is 24.5 Å². The Hall–Kier alpha value is -3.22. The van der Waals surface area contributed by atoms with Crippen LogP contribution in [0.25, 0.3) is 16.9 Å². The largest absolute Gasteiger partial charge is 0.394 e. The average molecular weight is 407 g/mol. The third kappa shape index (κ3) is 3.37. The smallest absolute Gasteiger partial charge is 0.330 e. The maximum Gasteiger partial charge on any atom is 0.330 e. The lowest BCUT2D eigenvalue weighted by molar-refractivity contribution is -0.0458. The molecular formula is C17H15F2N5O5. The van der Waals surface area contributed by atoms with Gasteiger partial charge < -0.3 is 14.9 Å². The fourth-order valence-electron chi connectivity index (χ4n) is 3.14. The lowest BCUT2D eigenvalue weighted by atomic mass is 10.2. The Balaban J connectivity index is 1.75. The van der Waals surface area contributed by atoms with Gasteiger partial charge in [0.25, 0.3) is 5.56 Å². The first kappa shape index (κ1) is 19.1. The van der Waals surface area contributed by atoms with Crippen molar-refractivity contribution in [3.63, 3.8) is 0 Å². The van der Waals surface area contributed by atoms with E-state index in [1.807, 2.05) is 0 Å². The number of nitrogens with one attached hydrogen (secondary N) is 1. The molecule has 3 unspecified atom stereocenters. The van der Waals surface area contributed by atoms with Crippen LogP contribution < -0.4 is 11.2 Å². The van der Waals surface area contributed by atoms with Crippen molar-refractivity contribution in [2.75, 3.05) is 6.61 Å². The Morgan fingerprint density at radius 3 is 2.62 bits per heavy atom. The van der Waals surface area contributed by atoms with Gasteiger partial charge in [-0.15, -0.1) is 5.10 Å². The van der Waals surface area contributed by atoms with Crippen molar-refractivity contribution in [1.82, 2.24) is 24.5 Å². The molecule has 152 valence electrons. The van der Waals surface area contributed by atoms with E-state index in [-0.39, 0.29) is 17.7 Å². The van der Waals surface area contributed by atoms with Crippen molar-refractivity contribution < 1.29 is 23.7 Å². The fourth-order valence-corrected chi connectivity index (χ4v) is 3.14. The van der Waals surface area contributed by atoms with Crippen molar-refractivity contribution in [3.05, 3.63) is 63.1 Å². The normalized spacial score (nSPS) is 21.6. The van der Waals surface area contributed by atoms with Gasteiger partial charge in [0.15, 0.2) is 11.6 Å². The van der Waals surface area contributed by atoms with E-state index < -0.39 is 53.6 Å². The van der Waals surface area contributed by atoms with Gasteiger partial charge in [0.2, 0.25) is 0 Å². The molecule has 10 nitrogen and oxygen atoms in total. The number of hydrogen-bond donors (Lipinski definition) is 3. The van der Waals surface area contributed by atoms with Gasteiger partial charge in [0.1, 0.15) is 23.7 Å². The van der Waals surface area contributed by atoms with Gasteiger partial charge in [0, 0.05) is 12.6 Å². The van der Waals surface area contributed by atoms with Crippen molar-refractivity contribution in [2.45, 2.75) is 24.9 Å². The lowest BCUT2D eigenvalue weighted by Crippen LogP contribution is -2.33. The van der Waals surface area contributed by atoms with Crippen LogP contribution in [0.1, 0.15) is 12.6 Å². The number of nitrogens with zero attached hydrogens (tertiary/aromatic N) is 4. The summed E-state index contributed by atoms with van der Waals surface area (Å²) < 4.78 is 35.2. The molecule has 1 aliphatic rings. The molecule has 2 aromatic heterocycles. The summed E-state index contributed by atoms with van der Waals surface area (Å²) in [6.45, 7) is -0.439. The maximum atomic E-state index is 14.0. The van der Waals surface area contributed by atoms with Crippen LogP contribution >= 0.6 is 0 Å². The highest BCUT2D eigenvalue weighted by Crippen LogP contribution is 2.28. The number of para-hydroxylation sites is 1. The number of H-pyrrole nitrogens is 1. The molecule has 3 aromatic rings. The monoisotopic (exact) mass is 407 g/mol. The number of hydrogen-bond acceptors (Lipinski definition) is 7. The highest BCUT2D eigenvalue weighted by atomic mass is 19.1. The van der Waals surface area contributed by atoms with Crippen molar-refractivity contribution in [2.24, 2.45) is 0 Å². The number of aliphatic hydroxyl groups excluding tert-OH is 2. The molecule has 1 fully saturated rings. The fraction of sp³-hybridized carbons (Fsp3) is 0.294. The second kappa shape index (κ2) is 7.31. The first-order chi connectivity index (χ1) is 13.9. The second-order valence-corrected chi connectivity index (χ2v) is 6.44. The van der Waals surface area contributed by atoms with Gasteiger partial charge >= 0.3 is 5.69 Å². The van der Waals surface area contributed by atoms with E-state index in [1.165, 1.54) is 6.07 Å². The molecule has 0 radical (unpaired) electrons. The number of benzene rings is 1. The number of aromatic nitrogens is 5. The average Bonchev–Trinajstić information content (AvgIpc) is 3.28. The third-order valence-corrected chi connectivity index (χ3v) is 4.60. The molecule has 0 bridgehead atoms. The second-order valence-electron chi connectivity index (χ2n) is 6.44. The Bertz CT molecular complexity index is 1150. The summed E-state index contributed by atoms with van der Waals surface area (Å²) in [6, 6.07) is 3.29. The van der Waals surface area contributed by atoms with Gasteiger partial charge in [-0.05, 0) is 12.1 Å². The summed E-state index contributed by atoms with van der Waals surface area (Å²) >= 11 is 0. The predicted molar refractivity (Wildman–Crippen MR) is 93.2 cm³/mol. The van der Waals surface area contributed by atoms with Gasteiger partial charge in [-0.25, -0.2) is 18.3 Å². The summed E-state index contributed by atoms with van der Waals surface area (Å²) in [5.74, 6) is -1.74. The van der Waals surface area contributed by atoms with Crippen LogP contribution in [0, 0.1) is 11.6 Å². The van der Waals surface area contributed by atoms with Crippen LogP contribution in [0.15, 0.2) is 40.2 Å². The minimum Gasteiger partial charge on any atom is -0.394 e. The summed E-state index contributed by atoms with van der Waals surface area (Å²) in [5.41, 5.74) is -2.19. The predicted octanol–water partition coefficient (Wildman–Crippen LogP) is -0.297. The molecule has 3 atom stereocenters. The molecule has 1 saturated heterocycles. The standard InChI is InChI=1S/C17H15F2N5O5/c18-9-2-1-3-10(19)15(9)24-6-11(21-22-24)8-5-23(17(28)20-16(8)27)14-4-12(26)13(7-25)29-14/h1-3,5-6,12-14,25-26H,4,7H2,(H,20,27,28). The van der Waals surface area contributed by atoms with E-state index in [2.05, 4.69) is 15.3 Å². The molecule has 0 amide bonds. The summed E-state index contributed by atoms with van der Waals surface area (Å²) in [5, 5.41) is 26.5. The highest BCUT2D eigenvalue weighted by molar-refractivity contribution is 5.55. The molecule has 0 spiro atoms. The Kier molecular flexibility index (Phi) is 4.82. The van der Waals surface area contributed by atoms with Gasteiger partial charge in [-0.3, -0.25) is 14.3 Å². The van der Waals surface area contributed by atoms with E-state index in [0.717, 1.165) is 33.8 Å². The summed E-state index contributed by atoms with van der Waals surface area (Å²) in [7, 11) is 0. The Morgan fingerprint density at radius 1 is 1.24 bits per heavy atom. The topological polar surface area (TPSA) is 135 Å². The molecule has 29 heavy (non-hydrogen) atoms. The molecule has 1 aliphatic heterocycles. The van der Waals surface area contributed by atoms with Crippen LogP contribution in [-0.2, 0) is 4.74 Å². The number of ether oxygens (including phenoxy) is 1. The molecule has 0 saturated carbocycles. The quantitative estimate of drug-likeness (QED) is 0.541. The van der Waals surface area contributed by atoms with Crippen LogP contribution in [-0.4, -0.2) is 53.6 Å². The number of aliphatic hydroxyl groups is 2. The number of aromatic amines is 1. The third-order valence-electron chi connectivity index (χ3n) is 4.60. The first-order valence-electron chi connectivity index (χ1n) is 8.56. The van der Waals surface area contributed by atoms with Crippen LogP contribution in [0.3, 0.4) is 0 Å². The molecule has 4 rings (SSSR count). The minimum absolute atomic E-state index is 0.0176. The van der Waals surface area contributed by atoms with E-state index in [4.69, 9.17) is 4.74 Å². The summed E-state index contributed by atoms with van der Waals surface area (Å²) in [6.07, 6.45) is -0.468. The van der Waals surface area contributed by atoms with Gasteiger partial charge in [-0.1, -0.05) is 11.3 Å². The van der Waals surface area contributed by atoms with Crippen LogP contribution in [0.5, 0.6) is 0 Å². The summed E-state index contributed by atoms with van der Waals surface area (Å²) in [4.78, 5) is 26.5.